The van der Waals surface area contributed by atoms with Gasteiger partial charge in [-0.15, -0.1) is 11.3 Å². The Morgan fingerprint density at radius 1 is 1.75 bits per heavy atom. The van der Waals surface area contributed by atoms with Crippen molar-refractivity contribution >= 4 is 11.3 Å². The van der Waals surface area contributed by atoms with Crippen molar-refractivity contribution in [2.75, 3.05) is 0 Å². The lowest BCUT2D eigenvalue weighted by molar-refractivity contribution is 0.103. The van der Waals surface area contributed by atoms with Crippen LogP contribution in [0.2, 0.25) is 0 Å². The summed E-state index contributed by atoms with van der Waals surface area (Å²) < 4.78 is 0. The van der Waals surface area contributed by atoms with Crippen LogP contribution in [0.15, 0.2) is 11.6 Å². The highest BCUT2D eigenvalue weighted by molar-refractivity contribution is 7.09. The van der Waals surface area contributed by atoms with E-state index in [1.165, 1.54) is 12.8 Å². The van der Waals surface area contributed by atoms with Gasteiger partial charge in [0.25, 0.3) is 0 Å². The van der Waals surface area contributed by atoms with Crippen LogP contribution in [0, 0.1) is 5.41 Å². The van der Waals surface area contributed by atoms with E-state index in [-0.39, 0.29) is 11.5 Å². The molecule has 3 heteroatoms. The van der Waals surface area contributed by atoms with E-state index in [0.717, 1.165) is 11.4 Å². The number of nitrogens with zero attached hydrogens (tertiary/aromatic N) is 1. The molecule has 1 aromatic rings. The Kier molecular flexibility index (Phi) is 1.93. The smallest absolute Gasteiger partial charge is 0.0950 e. The van der Waals surface area contributed by atoms with Crippen molar-refractivity contribution < 1.29 is 5.11 Å². The monoisotopic (exact) mass is 183 g/mol. The molecule has 0 amide bonds. The highest BCUT2D eigenvalue weighted by Gasteiger charge is 2.44. The minimum absolute atomic E-state index is 0.191. The van der Waals surface area contributed by atoms with Gasteiger partial charge in [-0.3, -0.25) is 0 Å². The number of aliphatic hydroxyl groups is 1. The Balaban J connectivity index is 1.95. The lowest BCUT2D eigenvalue weighted by Gasteiger charge is -2.15. The maximum absolute atomic E-state index is 9.79. The summed E-state index contributed by atoms with van der Waals surface area (Å²) in [5.74, 6) is 0. The summed E-state index contributed by atoms with van der Waals surface area (Å²) >= 11 is 1.62. The van der Waals surface area contributed by atoms with E-state index in [1.54, 1.807) is 17.5 Å². The van der Waals surface area contributed by atoms with Crippen LogP contribution in [0.25, 0.3) is 0 Å². The Morgan fingerprint density at radius 3 is 3.00 bits per heavy atom. The molecule has 1 fully saturated rings. The molecule has 1 N–H and O–H groups in total. The minimum atomic E-state index is -0.191. The van der Waals surface area contributed by atoms with Crippen molar-refractivity contribution in [1.82, 2.24) is 4.98 Å². The molecule has 0 aliphatic heterocycles. The van der Waals surface area contributed by atoms with Crippen LogP contribution in [0.3, 0.4) is 0 Å². The van der Waals surface area contributed by atoms with Crippen molar-refractivity contribution in [2.24, 2.45) is 5.41 Å². The van der Waals surface area contributed by atoms with E-state index < -0.39 is 0 Å². The average Bonchev–Trinajstić information content (AvgIpc) is 2.63. The molecule has 2 rings (SSSR count). The Morgan fingerprint density at radius 2 is 2.50 bits per heavy atom. The lowest BCUT2D eigenvalue weighted by Crippen LogP contribution is -2.21. The van der Waals surface area contributed by atoms with Gasteiger partial charge in [-0.2, -0.15) is 0 Å². The van der Waals surface area contributed by atoms with Crippen molar-refractivity contribution in [3.63, 3.8) is 0 Å². The van der Waals surface area contributed by atoms with Crippen molar-refractivity contribution in [2.45, 2.75) is 32.3 Å². The number of rotatable bonds is 3. The zero-order chi connectivity index (χ0) is 8.60. The molecule has 1 unspecified atom stereocenters. The molecule has 1 aromatic heterocycles. The predicted octanol–water partition coefficient (Wildman–Crippen LogP) is 1.85. The van der Waals surface area contributed by atoms with Crippen LogP contribution in [-0.2, 0) is 6.42 Å². The molecule has 1 saturated carbocycles. The summed E-state index contributed by atoms with van der Waals surface area (Å²) in [6.45, 7) is 2.14. The first-order chi connectivity index (χ1) is 5.71. The molecule has 1 aliphatic carbocycles. The first kappa shape index (κ1) is 8.20. The molecule has 66 valence electrons. The van der Waals surface area contributed by atoms with Crippen LogP contribution in [0.5, 0.6) is 0 Å². The quantitative estimate of drug-likeness (QED) is 0.775. The Hall–Kier alpha value is -0.410. The second kappa shape index (κ2) is 2.82. The highest BCUT2D eigenvalue weighted by Crippen LogP contribution is 2.48. The summed E-state index contributed by atoms with van der Waals surface area (Å²) in [4.78, 5) is 4.16. The maximum atomic E-state index is 9.79. The molecule has 0 aromatic carbocycles. The molecule has 1 aliphatic rings. The van der Waals surface area contributed by atoms with Crippen LogP contribution in [-0.4, -0.2) is 16.2 Å². The van der Waals surface area contributed by atoms with Gasteiger partial charge >= 0.3 is 0 Å². The first-order valence-electron chi connectivity index (χ1n) is 4.27. The van der Waals surface area contributed by atoms with Gasteiger partial charge in [-0.1, -0.05) is 6.92 Å². The molecule has 0 saturated heterocycles. The van der Waals surface area contributed by atoms with Crippen LogP contribution >= 0.6 is 11.3 Å². The van der Waals surface area contributed by atoms with E-state index in [4.69, 9.17) is 0 Å². The Labute approximate surface area is 76.3 Å². The normalized spacial score (nSPS) is 22.2. The molecule has 0 spiro atoms. The van der Waals surface area contributed by atoms with Crippen molar-refractivity contribution in [3.8, 4) is 0 Å². The third kappa shape index (κ3) is 1.52. The standard InChI is InChI=1S/C9H13NOS/c1-9(2-3-9)7(11)6-8-10-4-5-12-8/h4-5,7,11H,2-3,6H2,1H3. The minimum Gasteiger partial charge on any atom is -0.392 e. The van der Waals surface area contributed by atoms with E-state index >= 15 is 0 Å². The maximum Gasteiger partial charge on any atom is 0.0950 e. The van der Waals surface area contributed by atoms with Gasteiger partial charge < -0.3 is 5.11 Å². The van der Waals surface area contributed by atoms with Gasteiger partial charge in [0.2, 0.25) is 0 Å². The molecular weight excluding hydrogens is 170 g/mol. The number of hydrogen-bond donors (Lipinski definition) is 1. The third-order valence-corrected chi connectivity index (χ3v) is 3.50. The third-order valence-electron chi connectivity index (χ3n) is 2.69. The van der Waals surface area contributed by atoms with E-state index in [2.05, 4.69) is 11.9 Å². The molecule has 0 bridgehead atoms. The lowest BCUT2D eigenvalue weighted by atomic mass is 10.00. The number of aromatic nitrogens is 1. The van der Waals surface area contributed by atoms with E-state index in [0.29, 0.717) is 0 Å². The summed E-state index contributed by atoms with van der Waals surface area (Å²) in [6, 6.07) is 0. The highest BCUT2D eigenvalue weighted by atomic mass is 32.1. The zero-order valence-corrected chi connectivity index (χ0v) is 7.97. The van der Waals surface area contributed by atoms with E-state index in [1.807, 2.05) is 5.38 Å². The topological polar surface area (TPSA) is 33.1 Å². The van der Waals surface area contributed by atoms with Crippen LogP contribution in [0.4, 0.5) is 0 Å². The first-order valence-corrected chi connectivity index (χ1v) is 5.15. The predicted molar refractivity (Wildman–Crippen MR) is 49.2 cm³/mol. The second-order valence-corrected chi connectivity index (χ2v) is 4.78. The van der Waals surface area contributed by atoms with Crippen molar-refractivity contribution in [3.05, 3.63) is 16.6 Å². The fourth-order valence-electron chi connectivity index (χ4n) is 1.30. The summed E-state index contributed by atoms with van der Waals surface area (Å²) in [7, 11) is 0. The fraction of sp³-hybridized carbons (Fsp3) is 0.667. The van der Waals surface area contributed by atoms with Gasteiger partial charge in [0, 0.05) is 18.0 Å². The molecule has 0 radical (unpaired) electrons. The second-order valence-electron chi connectivity index (χ2n) is 3.80. The van der Waals surface area contributed by atoms with Gasteiger partial charge in [0.15, 0.2) is 0 Å². The van der Waals surface area contributed by atoms with Crippen molar-refractivity contribution in [1.29, 1.82) is 0 Å². The molecule has 2 nitrogen and oxygen atoms in total. The van der Waals surface area contributed by atoms with Gasteiger partial charge in [-0.05, 0) is 18.3 Å². The zero-order valence-electron chi connectivity index (χ0n) is 7.16. The molecular formula is C9H13NOS. The molecule has 1 atom stereocenters. The number of hydrogen-bond acceptors (Lipinski definition) is 3. The number of aliphatic hydroxyl groups excluding tert-OH is 1. The summed E-state index contributed by atoms with van der Waals surface area (Å²) in [6.07, 6.45) is 4.67. The van der Waals surface area contributed by atoms with Gasteiger partial charge in [-0.25, -0.2) is 4.98 Å². The largest absolute Gasteiger partial charge is 0.392 e. The average molecular weight is 183 g/mol. The number of thiazole rings is 1. The van der Waals surface area contributed by atoms with Gasteiger partial charge in [0.1, 0.15) is 0 Å². The molecule has 12 heavy (non-hydrogen) atoms. The summed E-state index contributed by atoms with van der Waals surface area (Å²) in [5, 5.41) is 12.8. The SMILES string of the molecule is CC1(C(O)Cc2nccs2)CC1. The van der Waals surface area contributed by atoms with Crippen LogP contribution < -0.4 is 0 Å². The van der Waals surface area contributed by atoms with Gasteiger partial charge in [0.05, 0.1) is 11.1 Å². The Bertz CT molecular complexity index is 254. The fourth-order valence-corrected chi connectivity index (χ4v) is 1.95. The van der Waals surface area contributed by atoms with Crippen LogP contribution in [0.1, 0.15) is 24.8 Å². The van der Waals surface area contributed by atoms with E-state index in [9.17, 15) is 5.11 Å². The molecule has 1 heterocycles. The summed E-state index contributed by atoms with van der Waals surface area (Å²) in [5.41, 5.74) is 0.200.